The Bertz CT molecular complexity index is 949. The van der Waals surface area contributed by atoms with Gasteiger partial charge in [0.05, 0.1) is 11.4 Å². The Morgan fingerprint density at radius 1 is 1.32 bits per heavy atom. The van der Waals surface area contributed by atoms with Crippen LogP contribution in [-0.4, -0.2) is 16.1 Å². The van der Waals surface area contributed by atoms with Crippen LogP contribution in [-0.2, 0) is 11.2 Å². The molecule has 0 amide bonds. The first-order valence-corrected chi connectivity index (χ1v) is 8.69. The number of halogens is 1. The highest BCUT2D eigenvalue weighted by molar-refractivity contribution is 6.32. The van der Waals surface area contributed by atoms with E-state index in [0.717, 1.165) is 16.8 Å². The summed E-state index contributed by atoms with van der Waals surface area (Å²) in [5, 5.41) is 10.5. The molecule has 0 atom stereocenters. The molecular formula is C20H18ClNO3. The van der Waals surface area contributed by atoms with Crippen molar-refractivity contribution in [2.45, 2.75) is 32.1 Å². The number of carboxylic acids is 1. The number of aromatic amines is 1. The van der Waals surface area contributed by atoms with Crippen LogP contribution in [0.4, 0.5) is 0 Å². The molecule has 0 saturated heterocycles. The predicted molar refractivity (Wildman–Crippen MR) is 97.9 cm³/mol. The Balaban J connectivity index is 1.66. The van der Waals surface area contributed by atoms with Gasteiger partial charge in [-0.25, -0.2) is 0 Å². The number of aryl methyl sites for hydroxylation is 1. The molecule has 1 aromatic heterocycles. The van der Waals surface area contributed by atoms with Gasteiger partial charge in [0.1, 0.15) is 11.5 Å². The van der Waals surface area contributed by atoms with Crippen LogP contribution < -0.4 is 4.74 Å². The average Bonchev–Trinajstić information content (AvgIpc) is 3.30. The number of hydrogen-bond donors (Lipinski definition) is 2. The minimum Gasteiger partial charge on any atom is -0.481 e. The summed E-state index contributed by atoms with van der Waals surface area (Å²) in [5.41, 5.74) is 3.94. The van der Waals surface area contributed by atoms with Gasteiger partial charge >= 0.3 is 5.97 Å². The fourth-order valence-electron chi connectivity index (χ4n) is 3.24. The molecule has 1 saturated carbocycles. The lowest BCUT2D eigenvalue weighted by Crippen LogP contribution is -2.01. The van der Waals surface area contributed by atoms with E-state index in [1.165, 1.54) is 23.8 Å². The number of hydrogen-bond acceptors (Lipinski definition) is 2. The third kappa shape index (κ3) is 3.22. The molecule has 1 aliphatic rings. The second-order valence-corrected chi connectivity index (χ2v) is 7.03. The summed E-state index contributed by atoms with van der Waals surface area (Å²) in [7, 11) is 0. The average molecular weight is 356 g/mol. The van der Waals surface area contributed by atoms with Crippen molar-refractivity contribution in [1.29, 1.82) is 0 Å². The van der Waals surface area contributed by atoms with Crippen LogP contribution in [0, 0.1) is 6.92 Å². The number of carbonyl (C=O) groups is 1. The van der Waals surface area contributed by atoms with Crippen LogP contribution in [0.3, 0.4) is 0 Å². The number of nitrogens with one attached hydrogen (secondary N) is 1. The third-order valence-electron chi connectivity index (χ3n) is 4.57. The van der Waals surface area contributed by atoms with Gasteiger partial charge in [-0.2, -0.15) is 0 Å². The summed E-state index contributed by atoms with van der Waals surface area (Å²) >= 11 is 6.33. The zero-order valence-corrected chi connectivity index (χ0v) is 14.6. The Labute approximate surface area is 150 Å². The minimum atomic E-state index is -0.880. The summed E-state index contributed by atoms with van der Waals surface area (Å²) < 4.78 is 6.04. The number of fused-ring (bicyclic) bond motifs is 1. The monoisotopic (exact) mass is 355 g/mol. The summed E-state index contributed by atoms with van der Waals surface area (Å²) in [4.78, 5) is 14.2. The van der Waals surface area contributed by atoms with Crippen molar-refractivity contribution in [2.75, 3.05) is 0 Å². The second-order valence-electron chi connectivity index (χ2n) is 6.62. The quantitative estimate of drug-likeness (QED) is 0.641. The van der Waals surface area contributed by atoms with E-state index in [1.54, 1.807) is 12.1 Å². The van der Waals surface area contributed by atoms with Crippen LogP contribution in [0.2, 0.25) is 5.02 Å². The molecule has 1 aliphatic carbocycles. The first kappa shape index (κ1) is 16.0. The van der Waals surface area contributed by atoms with Gasteiger partial charge in [-0.3, -0.25) is 4.79 Å². The highest BCUT2D eigenvalue weighted by atomic mass is 35.5. The molecule has 0 unspecified atom stereocenters. The Morgan fingerprint density at radius 2 is 2.12 bits per heavy atom. The first-order valence-electron chi connectivity index (χ1n) is 8.31. The summed E-state index contributed by atoms with van der Waals surface area (Å²) in [6.07, 6.45) is 4.52. The fraction of sp³-hybridized carbons (Fsp3) is 0.250. The molecule has 2 N–H and O–H groups in total. The molecule has 0 spiro atoms. The highest BCUT2D eigenvalue weighted by Crippen LogP contribution is 2.44. The maximum Gasteiger partial charge on any atom is 0.307 e. The van der Waals surface area contributed by atoms with Crippen molar-refractivity contribution in [2.24, 2.45) is 0 Å². The smallest absolute Gasteiger partial charge is 0.307 e. The van der Waals surface area contributed by atoms with E-state index in [4.69, 9.17) is 21.4 Å². The standard InChI is InChI=1S/C20H18ClNO3/c1-11-6-12(8-19(23)24)7-17(21)20(11)25-14-4-5-18-15(9-14)16(10-22-18)13-2-3-13/h4-7,9-10,13,22H,2-3,8H2,1H3,(H,23,24). The summed E-state index contributed by atoms with van der Waals surface area (Å²) in [6, 6.07) is 9.43. The Morgan fingerprint density at radius 3 is 2.80 bits per heavy atom. The second kappa shape index (κ2) is 6.12. The zero-order chi connectivity index (χ0) is 17.6. The molecule has 0 aliphatic heterocycles. The summed E-state index contributed by atoms with van der Waals surface area (Å²) in [5.74, 6) is 1.07. The molecule has 4 rings (SSSR count). The molecule has 1 heterocycles. The predicted octanol–water partition coefficient (Wildman–Crippen LogP) is 5.43. The molecule has 5 heteroatoms. The Hall–Kier alpha value is -2.46. The minimum absolute atomic E-state index is 0.0547. The number of benzene rings is 2. The molecule has 3 aromatic rings. The molecule has 25 heavy (non-hydrogen) atoms. The van der Waals surface area contributed by atoms with Gasteiger partial charge in [-0.1, -0.05) is 17.7 Å². The van der Waals surface area contributed by atoms with Crippen molar-refractivity contribution in [3.05, 3.63) is 58.2 Å². The largest absolute Gasteiger partial charge is 0.481 e. The molecule has 0 bridgehead atoms. The van der Waals surface area contributed by atoms with Crippen LogP contribution in [0.5, 0.6) is 11.5 Å². The molecule has 2 aromatic carbocycles. The van der Waals surface area contributed by atoms with Gasteiger partial charge in [0, 0.05) is 17.1 Å². The van der Waals surface area contributed by atoms with Crippen LogP contribution in [0.15, 0.2) is 36.5 Å². The molecule has 128 valence electrons. The number of aliphatic carboxylic acids is 1. The molecule has 4 nitrogen and oxygen atoms in total. The fourth-order valence-corrected chi connectivity index (χ4v) is 3.57. The number of aromatic nitrogens is 1. The number of ether oxygens (including phenoxy) is 1. The van der Waals surface area contributed by atoms with Crippen molar-refractivity contribution in [1.82, 2.24) is 4.98 Å². The number of carboxylic acid groups (broad SMARTS) is 1. The lowest BCUT2D eigenvalue weighted by molar-refractivity contribution is -0.136. The van der Waals surface area contributed by atoms with E-state index in [0.29, 0.717) is 22.3 Å². The SMILES string of the molecule is Cc1cc(CC(=O)O)cc(Cl)c1Oc1ccc2[nH]cc(C3CC3)c2c1. The first-order chi connectivity index (χ1) is 12.0. The van der Waals surface area contributed by atoms with Gasteiger partial charge in [-0.05, 0) is 66.6 Å². The van der Waals surface area contributed by atoms with E-state index in [9.17, 15) is 4.79 Å². The van der Waals surface area contributed by atoms with E-state index in [1.807, 2.05) is 25.1 Å². The van der Waals surface area contributed by atoms with E-state index in [-0.39, 0.29) is 6.42 Å². The van der Waals surface area contributed by atoms with Crippen molar-refractivity contribution >= 4 is 28.5 Å². The zero-order valence-electron chi connectivity index (χ0n) is 13.8. The number of rotatable bonds is 5. The molecular weight excluding hydrogens is 338 g/mol. The van der Waals surface area contributed by atoms with Crippen LogP contribution >= 0.6 is 11.6 Å². The van der Waals surface area contributed by atoms with Gasteiger partial charge in [-0.15, -0.1) is 0 Å². The van der Waals surface area contributed by atoms with Crippen molar-refractivity contribution < 1.29 is 14.6 Å². The van der Waals surface area contributed by atoms with E-state index >= 15 is 0 Å². The van der Waals surface area contributed by atoms with Gasteiger partial charge in [0.25, 0.3) is 0 Å². The van der Waals surface area contributed by atoms with Gasteiger partial charge in [0.2, 0.25) is 0 Å². The maximum atomic E-state index is 10.9. The van der Waals surface area contributed by atoms with Crippen molar-refractivity contribution in [3.8, 4) is 11.5 Å². The van der Waals surface area contributed by atoms with Crippen molar-refractivity contribution in [3.63, 3.8) is 0 Å². The van der Waals surface area contributed by atoms with Crippen LogP contribution in [0.25, 0.3) is 10.9 Å². The topological polar surface area (TPSA) is 62.3 Å². The van der Waals surface area contributed by atoms with Gasteiger partial charge in [0.15, 0.2) is 0 Å². The van der Waals surface area contributed by atoms with E-state index < -0.39 is 5.97 Å². The molecule has 0 radical (unpaired) electrons. The molecule has 1 fully saturated rings. The van der Waals surface area contributed by atoms with E-state index in [2.05, 4.69) is 11.2 Å². The number of H-pyrrole nitrogens is 1. The van der Waals surface area contributed by atoms with Gasteiger partial charge < -0.3 is 14.8 Å². The lowest BCUT2D eigenvalue weighted by Gasteiger charge is -2.12. The third-order valence-corrected chi connectivity index (χ3v) is 4.85. The normalized spacial score (nSPS) is 14.0. The highest BCUT2D eigenvalue weighted by Gasteiger charge is 2.26. The van der Waals surface area contributed by atoms with Crippen LogP contribution in [0.1, 0.15) is 35.4 Å². The Kier molecular flexibility index (Phi) is 3.92. The summed E-state index contributed by atoms with van der Waals surface area (Å²) in [6.45, 7) is 1.87. The lowest BCUT2D eigenvalue weighted by atomic mass is 10.1. The maximum absolute atomic E-state index is 10.9.